The van der Waals surface area contributed by atoms with Crippen molar-refractivity contribution in [2.75, 3.05) is 11.1 Å². The number of thioether (sulfide) groups is 1. The Labute approximate surface area is 155 Å². The highest BCUT2D eigenvalue weighted by atomic mass is 32.2. The van der Waals surface area contributed by atoms with Gasteiger partial charge in [-0.3, -0.25) is 14.9 Å². The van der Waals surface area contributed by atoms with Crippen LogP contribution >= 0.6 is 11.8 Å². The van der Waals surface area contributed by atoms with Gasteiger partial charge in [0.15, 0.2) is 0 Å². The third-order valence-electron chi connectivity index (χ3n) is 3.46. The number of nitrogens with two attached hydrogens (primary N) is 1. The lowest BCUT2D eigenvalue weighted by Gasteiger charge is -2.10. The fourth-order valence-electron chi connectivity index (χ4n) is 2.20. The highest BCUT2D eigenvalue weighted by Crippen LogP contribution is 2.23. The molecule has 26 heavy (non-hydrogen) atoms. The number of benzene rings is 2. The van der Waals surface area contributed by atoms with Crippen molar-refractivity contribution in [2.45, 2.75) is 23.1 Å². The molecule has 0 atom stereocenters. The zero-order valence-electron chi connectivity index (χ0n) is 13.8. The summed E-state index contributed by atoms with van der Waals surface area (Å²) in [5, 5.41) is 18.4. The summed E-state index contributed by atoms with van der Waals surface area (Å²) in [6.07, 6.45) is 0.496. The number of nitrogens with one attached hydrogen (secondary N) is 1. The van der Waals surface area contributed by atoms with Crippen molar-refractivity contribution in [3.63, 3.8) is 0 Å². The van der Waals surface area contributed by atoms with E-state index in [1.807, 2.05) is 6.92 Å². The fraction of sp³-hybridized carbons (Fsp3) is 0.188. The van der Waals surface area contributed by atoms with Gasteiger partial charge in [0.25, 0.3) is 5.69 Å². The van der Waals surface area contributed by atoms with Crippen LogP contribution in [-0.4, -0.2) is 25.0 Å². The topological polar surface area (TPSA) is 132 Å². The molecule has 138 valence electrons. The Morgan fingerprint density at radius 2 is 1.88 bits per heavy atom. The van der Waals surface area contributed by atoms with Gasteiger partial charge in [0.05, 0.1) is 15.6 Å². The summed E-state index contributed by atoms with van der Waals surface area (Å²) in [6, 6.07) is 10.4. The van der Waals surface area contributed by atoms with Crippen molar-refractivity contribution in [1.82, 2.24) is 0 Å². The molecule has 0 fully saturated rings. The normalized spacial score (nSPS) is 11.2. The van der Waals surface area contributed by atoms with Gasteiger partial charge in [-0.05, 0) is 36.2 Å². The molecule has 0 saturated carbocycles. The van der Waals surface area contributed by atoms with E-state index in [1.165, 1.54) is 30.0 Å². The average Bonchev–Trinajstić information content (AvgIpc) is 2.59. The Hall–Kier alpha value is -2.43. The van der Waals surface area contributed by atoms with E-state index in [0.717, 1.165) is 0 Å². The van der Waals surface area contributed by atoms with Crippen LogP contribution in [0.1, 0.15) is 12.5 Å². The molecule has 2 rings (SSSR count). The molecule has 2 aromatic rings. The second-order valence-corrected chi connectivity index (χ2v) is 7.89. The molecule has 1 amide bonds. The molecular formula is C16H17N3O5S2. The molecule has 0 aliphatic heterocycles. The molecule has 0 aliphatic rings. The van der Waals surface area contributed by atoms with E-state index < -0.39 is 14.9 Å². The molecule has 0 saturated heterocycles. The number of amides is 1. The Kier molecular flexibility index (Phi) is 6.35. The van der Waals surface area contributed by atoms with Gasteiger partial charge in [0.2, 0.25) is 15.9 Å². The van der Waals surface area contributed by atoms with Crippen molar-refractivity contribution < 1.29 is 18.1 Å². The summed E-state index contributed by atoms with van der Waals surface area (Å²) in [5.74, 6) is -0.268. The Bertz CT molecular complexity index is 927. The van der Waals surface area contributed by atoms with Gasteiger partial charge in [0, 0.05) is 22.7 Å². The number of hydrogen-bond acceptors (Lipinski definition) is 6. The molecule has 0 aromatic heterocycles. The molecule has 0 aliphatic carbocycles. The number of nitro benzene ring substituents is 1. The van der Waals surface area contributed by atoms with Crippen LogP contribution in [0.5, 0.6) is 0 Å². The SMILES string of the molecule is CCc1ccc(NC(=O)CSc2ccc([N+](=O)[O-])cc2)cc1S(N)(=O)=O. The van der Waals surface area contributed by atoms with Crippen LogP contribution < -0.4 is 10.5 Å². The number of carbonyl (C=O) groups excluding carboxylic acids is 1. The predicted molar refractivity (Wildman–Crippen MR) is 99.6 cm³/mol. The quantitative estimate of drug-likeness (QED) is 0.420. The molecule has 0 unspecified atom stereocenters. The minimum absolute atomic E-state index is 0.0131. The van der Waals surface area contributed by atoms with E-state index in [9.17, 15) is 23.3 Å². The number of rotatable bonds is 7. The van der Waals surface area contributed by atoms with Crippen molar-refractivity contribution in [1.29, 1.82) is 0 Å². The fourth-order valence-corrected chi connectivity index (χ4v) is 3.77. The number of hydrogen-bond donors (Lipinski definition) is 2. The van der Waals surface area contributed by atoms with Crippen LogP contribution in [0.2, 0.25) is 0 Å². The summed E-state index contributed by atoms with van der Waals surface area (Å²) in [7, 11) is -3.88. The lowest BCUT2D eigenvalue weighted by molar-refractivity contribution is -0.384. The number of nitro groups is 1. The van der Waals surface area contributed by atoms with E-state index >= 15 is 0 Å². The monoisotopic (exact) mass is 395 g/mol. The van der Waals surface area contributed by atoms with Gasteiger partial charge in [-0.1, -0.05) is 13.0 Å². The molecule has 0 bridgehead atoms. The summed E-state index contributed by atoms with van der Waals surface area (Å²) in [6.45, 7) is 1.81. The van der Waals surface area contributed by atoms with E-state index in [4.69, 9.17) is 5.14 Å². The average molecular weight is 395 g/mol. The van der Waals surface area contributed by atoms with Crippen LogP contribution in [0.4, 0.5) is 11.4 Å². The summed E-state index contributed by atoms with van der Waals surface area (Å²) in [5.41, 5.74) is 0.886. The van der Waals surface area contributed by atoms with Gasteiger partial charge in [-0.15, -0.1) is 11.8 Å². The molecular weight excluding hydrogens is 378 g/mol. The Morgan fingerprint density at radius 1 is 1.23 bits per heavy atom. The molecule has 0 radical (unpaired) electrons. The lowest BCUT2D eigenvalue weighted by atomic mass is 10.1. The number of sulfonamides is 1. The van der Waals surface area contributed by atoms with Crippen LogP contribution in [0.25, 0.3) is 0 Å². The van der Waals surface area contributed by atoms with Gasteiger partial charge >= 0.3 is 0 Å². The van der Waals surface area contributed by atoms with Crippen LogP contribution in [0.15, 0.2) is 52.3 Å². The molecule has 3 N–H and O–H groups in total. The van der Waals surface area contributed by atoms with Crippen molar-refractivity contribution in [3.05, 3.63) is 58.1 Å². The number of non-ortho nitro benzene ring substituents is 1. The number of nitrogens with zero attached hydrogens (tertiary/aromatic N) is 1. The minimum atomic E-state index is -3.88. The van der Waals surface area contributed by atoms with E-state index in [1.54, 1.807) is 24.3 Å². The zero-order valence-corrected chi connectivity index (χ0v) is 15.5. The van der Waals surface area contributed by atoms with Gasteiger partial charge < -0.3 is 5.32 Å². The third-order valence-corrected chi connectivity index (χ3v) is 5.46. The van der Waals surface area contributed by atoms with Crippen molar-refractivity contribution in [2.24, 2.45) is 5.14 Å². The summed E-state index contributed by atoms with van der Waals surface area (Å²) in [4.78, 5) is 22.9. The van der Waals surface area contributed by atoms with Gasteiger partial charge in [-0.2, -0.15) is 0 Å². The summed E-state index contributed by atoms with van der Waals surface area (Å²) < 4.78 is 23.3. The highest BCUT2D eigenvalue weighted by molar-refractivity contribution is 8.00. The number of anilines is 1. The first-order valence-electron chi connectivity index (χ1n) is 7.53. The first-order chi connectivity index (χ1) is 12.2. The Morgan fingerprint density at radius 3 is 2.42 bits per heavy atom. The van der Waals surface area contributed by atoms with Crippen LogP contribution in [0.3, 0.4) is 0 Å². The lowest BCUT2D eigenvalue weighted by Crippen LogP contribution is -2.17. The first-order valence-corrected chi connectivity index (χ1v) is 10.1. The number of carbonyl (C=O) groups is 1. The summed E-state index contributed by atoms with van der Waals surface area (Å²) >= 11 is 1.21. The first kappa shape index (κ1) is 19.9. The third kappa shape index (κ3) is 5.28. The van der Waals surface area contributed by atoms with E-state index in [2.05, 4.69) is 5.32 Å². The number of aryl methyl sites for hydroxylation is 1. The standard InChI is InChI=1S/C16H17N3O5S2/c1-2-11-3-4-12(9-15(11)26(17,23)24)18-16(20)10-25-14-7-5-13(6-8-14)19(21)22/h3-9H,2,10H2,1H3,(H,18,20)(H2,17,23,24). The Balaban J connectivity index is 2.02. The van der Waals surface area contributed by atoms with Crippen LogP contribution in [0, 0.1) is 10.1 Å². The molecule has 10 heteroatoms. The maximum atomic E-state index is 12.1. The smallest absolute Gasteiger partial charge is 0.269 e. The number of primary sulfonamides is 1. The van der Waals surface area contributed by atoms with E-state index in [-0.39, 0.29) is 22.2 Å². The highest BCUT2D eigenvalue weighted by Gasteiger charge is 2.15. The zero-order chi connectivity index (χ0) is 19.3. The largest absolute Gasteiger partial charge is 0.325 e. The molecule has 2 aromatic carbocycles. The van der Waals surface area contributed by atoms with Crippen molar-refractivity contribution in [3.8, 4) is 0 Å². The maximum Gasteiger partial charge on any atom is 0.269 e. The van der Waals surface area contributed by atoms with Gasteiger partial charge in [0.1, 0.15) is 0 Å². The second kappa shape index (κ2) is 8.30. The van der Waals surface area contributed by atoms with Crippen molar-refractivity contribution >= 4 is 39.1 Å². The van der Waals surface area contributed by atoms with Gasteiger partial charge in [-0.25, -0.2) is 13.6 Å². The van der Waals surface area contributed by atoms with Crippen LogP contribution in [-0.2, 0) is 21.2 Å². The van der Waals surface area contributed by atoms with E-state index in [0.29, 0.717) is 22.6 Å². The minimum Gasteiger partial charge on any atom is -0.325 e. The molecule has 0 heterocycles. The second-order valence-electron chi connectivity index (χ2n) is 5.31. The maximum absolute atomic E-state index is 12.1. The molecule has 0 spiro atoms. The predicted octanol–water partition coefficient (Wildman–Crippen LogP) is 2.54. The molecule has 8 nitrogen and oxygen atoms in total.